The Bertz CT molecular complexity index is 1410. The normalized spacial score (nSPS) is 14.2. The van der Waals surface area contributed by atoms with E-state index in [1.54, 1.807) is 20.5 Å². The van der Waals surface area contributed by atoms with Gasteiger partial charge in [0.2, 0.25) is 18.0 Å². The molecule has 0 bridgehead atoms. The number of fused-ring (bicyclic) bond motifs is 1. The number of methoxy groups -OCH3 is 2. The molecule has 0 radical (unpaired) electrons. The third-order valence-electron chi connectivity index (χ3n) is 7.03. The van der Waals surface area contributed by atoms with Crippen LogP contribution in [0, 0.1) is 0 Å². The summed E-state index contributed by atoms with van der Waals surface area (Å²) in [4.78, 5) is 12.7. The second kappa shape index (κ2) is 10.9. The van der Waals surface area contributed by atoms with E-state index < -0.39 is 5.60 Å². The van der Waals surface area contributed by atoms with E-state index in [0.29, 0.717) is 36.0 Å². The van der Waals surface area contributed by atoms with Gasteiger partial charge in [-0.1, -0.05) is 28.2 Å². The van der Waals surface area contributed by atoms with Crippen LogP contribution in [0.5, 0.6) is 17.2 Å². The number of hydrogen-bond donors (Lipinski definition) is 2. The van der Waals surface area contributed by atoms with Gasteiger partial charge in [0, 0.05) is 0 Å². The van der Waals surface area contributed by atoms with Crippen LogP contribution in [0.15, 0.2) is 48.8 Å². The molecule has 3 N–H and O–H groups in total. The zero-order valence-electron chi connectivity index (χ0n) is 22.5. The maximum absolute atomic E-state index is 6.29. The molecule has 1 fully saturated rings. The van der Waals surface area contributed by atoms with Gasteiger partial charge in [-0.3, -0.25) is 0 Å². The Kier molecular flexibility index (Phi) is 7.37. The van der Waals surface area contributed by atoms with Crippen LogP contribution in [0.4, 0.5) is 5.82 Å². The number of hydrogen-bond acceptors (Lipinski definition) is 7. The minimum Gasteiger partial charge on any atom is -0.497 e. The van der Waals surface area contributed by atoms with Gasteiger partial charge in [0.25, 0.3) is 5.65 Å². The Hall–Kier alpha value is -3.85. The Morgan fingerprint density at radius 1 is 1.03 bits per heavy atom. The Labute approximate surface area is 222 Å². The van der Waals surface area contributed by atoms with Crippen molar-refractivity contribution in [3.63, 3.8) is 0 Å². The summed E-state index contributed by atoms with van der Waals surface area (Å²) >= 11 is 0. The van der Waals surface area contributed by atoms with Gasteiger partial charge in [0.1, 0.15) is 11.4 Å². The first-order chi connectivity index (χ1) is 18.4. The van der Waals surface area contributed by atoms with E-state index in [9.17, 15) is 0 Å². The predicted molar refractivity (Wildman–Crippen MR) is 144 cm³/mol. The number of H-pyrrole nitrogens is 1. The third-order valence-corrected chi connectivity index (χ3v) is 7.03. The highest BCUT2D eigenvalue weighted by Crippen LogP contribution is 2.33. The second-order valence-corrected chi connectivity index (χ2v) is 10.2. The van der Waals surface area contributed by atoms with E-state index in [1.165, 1.54) is 12.8 Å². The van der Waals surface area contributed by atoms with Gasteiger partial charge < -0.3 is 29.7 Å². The molecule has 1 saturated carbocycles. The number of nitrogens with one attached hydrogen (secondary N) is 1. The van der Waals surface area contributed by atoms with Crippen LogP contribution in [-0.2, 0) is 23.5 Å². The molecule has 2 aromatic heterocycles. The minimum absolute atomic E-state index is 0.241. The number of rotatable bonds is 10. The Balaban J connectivity index is 1.39. The lowest BCUT2D eigenvalue weighted by Gasteiger charge is -2.21. The quantitative estimate of drug-likeness (QED) is 0.294. The molecule has 4 aromatic rings. The van der Waals surface area contributed by atoms with Gasteiger partial charge in [-0.25, -0.2) is 4.57 Å². The number of benzene rings is 2. The van der Waals surface area contributed by atoms with Crippen molar-refractivity contribution in [1.82, 2.24) is 15.0 Å². The highest BCUT2D eigenvalue weighted by Gasteiger charge is 2.31. The number of aromatic nitrogens is 4. The molecule has 0 unspecified atom stereocenters. The lowest BCUT2D eigenvalue weighted by Crippen LogP contribution is -2.36. The minimum atomic E-state index is -0.700. The monoisotopic (exact) mass is 518 g/mol. The summed E-state index contributed by atoms with van der Waals surface area (Å²) < 4.78 is 25.4. The van der Waals surface area contributed by atoms with Crippen LogP contribution in [0.2, 0.25) is 0 Å². The van der Waals surface area contributed by atoms with Crippen molar-refractivity contribution in [2.24, 2.45) is 0 Å². The fourth-order valence-electron chi connectivity index (χ4n) is 4.79. The summed E-state index contributed by atoms with van der Waals surface area (Å²) in [6.07, 6.45) is 6.53. The summed E-state index contributed by atoms with van der Waals surface area (Å²) in [7, 11) is 3.32. The van der Waals surface area contributed by atoms with E-state index >= 15 is 0 Å². The largest absolute Gasteiger partial charge is 0.497 e. The number of nitrogen functional groups attached to an aromatic ring is 1. The number of imidazole rings is 1. The van der Waals surface area contributed by atoms with Gasteiger partial charge in [-0.05, 0) is 74.9 Å². The highest BCUT2D eigenvalue weighted by atomic mass is 16.5. The molecule has 0 saturated heterocycles. The molecule has 0 atom stereocenters. The van der Waals surface area contributed by atoms with Crippen molar-refractivity contribution in [3.8, 4) is 17.2 Å². The summed E-state index contributed by atoms with van der Waals surface area (Å²) in [6.45, 7) is 4.92. The van der Waals surface area contributed by atoms with Crippen molar-refractivity contribution in [1.29, 1.82) is 0 Å². The molecule has 0 aliphatic heterocycles. The van der Waals surface area contributed by atoms with Crippen molar-refractivity contribution in [2.45, 2.75) is 64.4 Å². The summed E-state index contributed by atoms with van der Waals surface area (Å²) in [5.41, 5.74) is 8.99. The lowest BCUT2D eigenvalue weighted by atomic mass is 10.1. The number of nitrogens with zero attached hydrogens (tertiary/aromatic N) is 3. The molecule has 0 amide bonds. The second-order valence-electron chi connectivity index (χ2n) is 10.2. The van der Waals surface area contributed by atoms with Crippen LogP contribution in [0.1, 0.15) is 56.5 Å². The first-order valence-corrected chi connectivity index (χ1v) is 13.0. The molecule has 200 valence electrons. The average molecular weight is 519 g/mol. The highest BCUT2D eigenvalue weighted by molar-refractivity contribution is 5.79. The first-order valence-electron chi connectivity index (χ1n) is 13.0. The van der Waals surface area contributed by atoms with Gasteiger partial charge >= 0.3 is 0 Å². The maximum Gasteiger partial charge on any atom is 0.294 e. The standard InChI is InChI=1S/C29H35N5O4/c1-29(2,37-17-20-8-7-11-22(14-20)35-3)28-32-25-26(30)31-18-34(27(25)33-28)16-19-12-13-23(36-4)24(15-19)38-21-9-5-6-10-21/h7-8,11-15,18,21H,5-6,9-10,16-17H2,1-4H3,(H2,30,32,33)/p+1. The SMILES string of the molecule is COc1cccc(COC(C)(C)c2nc3c([nH]2)c(N)nc[n+]3Cc2ccc(OC)c(OC3CCCC3)c2)c1. The fraction of sp³-hybridized carbons (Fsp3) is 0.414. The van der Waals surface area contributed by atoms with E-state index in [-0.39, 0.29) is 6.10 Å². The average Bonchev–Trinajstić information content (AvgIpc) is 3.61. The summed E-state index contributed by atoms with van der Waals surface area (Å²) in [5.74, 6) is 3.36. The number of nitrogens with two attached hydrogens (primary N) is 1. The molecule has 5 rings (SSSR count). The zero-order valence-corrected chi connectivity index (χ0v) is 22.5. The van der Waals surface area contributed by atoms with Gasteiger partial charge in [-0.15, -0.1) is 0 Å². The van der Waals surface area contributed by atoms with Gasteiger partial charge in [-0.2, -0.15) is 0 Å². The van der Waals surface area contributed by atoms with Crippen LogP contribution in [-0.4, -0.2) is 35.3 Å². The van der Waals surface area contributed by atoms with Crippen LogP contribution in [0.25, 0.3) is 11.2 Å². The summed E-state index contributed by atoms with van der Waals surface area (Å²) in [5, 5.41) is 0. The van der Waals surface area contributed by atoms with Crippen LogP contribution >= 0.6 is 0 Å². The van der Waals surface area contributed by atoms with Gasteiger partial charge in [0.05, 0.1) is 33.5 Å². The van der Waals surface area contributed by atoms with Crippen LogP contribution < -0.4 is 24.5 Å². The van der Waals surface area contributed by atoms with E-state index in [1.807, 2.05) is 60.9 Å². The molecule has 2 aromatic carbocycles. The molecule has 1 aliphatic carbocycles. The molecule has 2 heterocycles. The smallest absolute Gasteiger partial charge is 0.294 e. The first kappa shape index (κ1) is 25.8. The van der Waals surface area contributed by atoms with Crippen molar-refractivity contribution < 1.29 is 23.5 Å². The van der Waals surface area contributed by atoms with Crippen molar-refractivity contribution >= 4 is 17.0 Å². The zero-order chi connectivity index (χ0) is 26.7. The number of anilines is 1. The predicted octanol–water partition coefficient (Wildman–Crippen LogP) is 4.67. The molecule has 9 nitrogen and oxygen atoms in total. The number of aromatic amines is 1. The lowest BCUT2D eigenvalue weighted by molar-refractivity contribution is -0.667. The molecular formula is C29H36N5O4+. The topological polar surface area (TPSA) is 108 Å². The van der Waals surface area contributed by atoms with Gasteiger partial charge in [0.15, 0.2) is 17.0 Å². The molecule has 0 spiro atoms. The molecular weight excluding hydrogens is 482 g/mol. The van der Waals surface area contributed by atoms with E-state index in [2.05, 4.69) is 9.97 Å². The van der Waals surface area contributed by atoms with Crippen LogP contribution in [0.3, 0.4) is 0 Å². The third kappa shape index (κ3) is 5.52. The number of ether oxygens (including phenoxy) is 4. The molecule has 9 heteroatoms. The summed E-state index contributed by atoms with van der Waals surface area (Å²) in [6, 6.07) is 13.9. The van der Waals surface area contributed by atoms with Crippen molar-refractivity contribution in [3.05, 3.63) is 65.7 Å². The van der Waals surface area contributed by atoms with Crippen molar-refractivity contribution in [2.75, 3.05) is 20.0 Å². The fourth-order valence-corrected chi connectivity index (χ4v) is 4.79. The van der Waals surface area contributed by atoms with E-state index in [0.717, 1.165) is 41.2 Å². The molecule has 38 heavy (non-hydrogen) atoms. The Morgan fingerprint density at radius 3 is 2.61 bits per heavy atom. The van der Waals surface area contributed by atoms with E-state index in [4.69, 9.17) is 29.7 Å². The maximum atomic E-state index is 6.29. The molecule has 1 aliphatic rings. The Morgan fingerprint density at radius 2 is 1.84 bits per heavy atom.